The molecule has 0 saturated heterocycles. The van der Waals surface area contributed by atoms with Crippen molar-refractivity contribution in [3.63, 3.8) is 0 Å². The lowest BCUT2D eigenvalue weighted by Crippen LogP contribution is -2.33. The molecule has 0 aliphatic heterocycles. The quantitative estimate of drug-likeness (QED) is 0.462. The van der Waals surface area contributed by atoms with Crippen LogP contribution in [-0.4, -0.2) is 29.8 Å². The van der Waals surface area contributed by atoms with Crippen molar-refractivity contribution in [1.82, 2.24) is 13.3 Å². The minimum atomic E-state index is -4.73. The molecule has 0 fully saturated rings. The highest BCUT2D eigenvalue weighted by molar-refractivity contribution is 7.71. The molecule has 1 rings (SSSR count). The zero-order valence-corrected chi connectivity index (χ0v) is 10.1. The van der Waals surface area contributed by atoms with Gasteiger partial charge in [-0.15, -0.1) is 0 Å². The van der Waals surface area contributed by atoms with Gasteiger partial charge < -0.3 is 3.67 Å². The van der Waals surface area contributed by atoms with Crippen molar-refractivity contribution in [1.29, 1.82) is 0 Å². The first-order chi connectivity index (χ1) is 6.25. The van der Waals surface area contributed by atoms with Gasteiger partial charge in [-0.3, -0.25) is 9.36 Å². The Morgan fingerprint density at radius 2 is 2.00 bits per heavy atom. The van der Waals surface area contributed by atoms with E-state index in [0.29, 0.717) is 0 Å². The maximum Gasteiger partial charge on any atom is 0.440 e. The van der Waals surface area contributed by atoms with E-state index in [0.717, 1.165) is 8.23 Å². The summed E-state index contributed by atoms with van der Waals surface area (Å²) in [6.45, 7) is 0. The Morgan fingerprint density at radius 3 is 2.43 bits per heavy atom. The van der Waals surface area contributed by atoms with Crippen LogP contribution in [0.1, 0.15) is 5.69 Å². The Hall–Kier alpha value is -0.648. The fourth-order valence-electron chi connectivity index (χ4n) is 0.876. The van der Waals surface area contributed by atoms with Crippen molar-refractivity contribution < 1.29 is 13.2 Å². The highest BCUT2D eigenvalue weighted by Crippen LogP contribution is 2.24. The van der Waals surface area contributed by atoms with Crippen LogP contribution in [0.4, 0.5) is 13.2 Å². The third kappa shape index (κ3) is 1.89. The van der Waals surface area contributed by atoms with Gasteiger partial charge in [0.05, 0.1) is 0 Å². The molecule has 1 aromatic rings. The predicted molar refractivity (Wildman–Crippen MR) is 47.2 cm³/mol. The van der Waals surface area contributed by atoms with Crippen molar-refractivity contribution >= 4 is 28.7 Å². The van der Waals surface area contributed by atoms with Crippen LogP contribution in [0, 0.1) is 4.77 Å². The zero-order valence-electron chi connectivity index (χ0n) is 7.29. The number of hydrogen-bond acceptors (Lipinski definition) is 3. The minimum absolute atomic E-state index is 0.00494. The molecule has 0 amide bonds. The van der Waals surface area contributed by atoms with Gasteiger partial charge in [-0.05, 0) is 12.2 Å². The largest absolute Gasteiger partial charge is 0.440 e. The van der Waals surface area contributed by atoms with Gasteiger partial charge in [-0.1, -0.05) is 0 Å². The van der Waals surface area contributed by atoms with Crippen LogP contribution in [0.3, 0.4) is 0 Å². The van der Waals surface area contributed by atoms with Crippen LogP contribution in [0.5, 0.6) is 0 Å². The number of rotatable bonds is 0. The van der Waals surface area contributed by atoms with Crippen LogP contribution >= 0.6 is 12.2 Å². The molecule has 14 heavy (non-hydrogen) atoms. The summed E-state index contributed by atoms with van der Waals surface area (Å²) in [7, 11) is 1.19. The van der Waals surface area contributed by atoms with E-state index in [1.54, 1.807) is 0 Å². The van der Waals surface area contributed by atoms with Gasteiger partial charge in [-0.25, -0.2) is 0 Å². The van der Waals surface area contributed by atoms with E-state index in [1.807, 2.05) is 0 Å². The zero-order chi connectivity index (χ0) is 11.1. The molecule has 0 aliphatic carbocycles. The molecule has 76 valence electrons. The minimum Gasteiger partial charge on any atom is -0.346 e. The molecule has 0 saturated carbocycles. The molecule has 0 atom stereocenters. The van der Waals surface area contributed by atoms with Crippen LogP contribution < -0.4 is 5.56 Å². The van der Waals surface area contributed by atoms with Gasteiger partial charge in [0.15, 0.2) is 4.77 Å². The highest BCUT2D eigenvalue weighted by atomic mass is 32.1. The molecule has 0 aromatic carbocycles. The Kier molecular flexibility index (Phi) is 2.85. The lowest BCUT2D eigenvalue weighted by atomic mass is 10.4. The first kappa shape index (κ1) is 11.4. The fraction of sp³-hybridized carbons (Fsp3) is 0.400. The number of nitrogens with zero attached hydrogens (tertiary/aromatic N) is 3. The van der Waals surface area contributed by atoms with Crippen molar-refractivity contribution in [2.75, 3.05) is 0 Å². The van der Waals surface area contributed by atoms with Crippen molar-refractivity contribution in [2.24, 2.45) is 7.05 Å². The third-order valence-electron chi connectivity index (χ3n) is 1.59. The molecule has 0 unspecified atom stereocenters. The maximum absolute atomic E-state index is 12.2. The maximum atomic E-state index is 12.2. The molecule has 0 bridgehead atoms. The molecule has 9 heteroatoms. The number of halogens is 3. The van der Waals surface area contributed by atoms with Gasteiger partial charge in [0.2, 0.25) is 5.69 Å². The summed E-state index contributed by atoms with van der Waals surface area (Å²) in [6, 6.07) is 0. The molecule has 1 aromatic heterocycles. The van der Waals surface area contributed by atoms with E-state index in [9.17, 15) is 18.0 Å². The van der Waals surface area contributed by atoms with E-state index in [2.05, 4.69) is 5.10 Å². The lowest BCUT2D eigenvalue weighted by Gasteiger charge is -2.09. The molecule has 1 heterocycles. The van der Waals surface area contributed by atoms with Gasteiger partial charge in [-0.2, -0.15) is 18.3 Å². The first-order valence-electron chi connectivity index (χ1n) is 3.46. The fourth-order valence-corrected chi connectivity index (χ4v) is 1.50. The normalized spacial score (nSPS) is 11.7. The van der Waals surface area contributed by atoms with Gasteiger partial charge >= 0.3 is 22.7 Å². The highest BCUT2D eigenvalue weighted by Gasteiger charge is 2.37. The van der Waals surface area contributed by atoms with E-state index in [1.165, 1.54) is 7.05 Å². The summed E-state index contributed by atoms with van der Waals surface area (Å²) in [6.07, 6.45) is -4.73. The number of hydrogen-bond donors (Lipinski definition) is 0. The molecule has 0 N–H and O–H groups in total. The summed E-state index contributed by atoms with van der Waals surface area (Å²) < 4.78 is 38.4. The Labute approximate surface area is 89.6 Å². The van der Waals surface area contributed by atoms with E-state index in [-0.39, 0.29) is 21.3 Å². The van der Waals surface area contributed by atoms with Crippen LogP contribution in [-0.2, 0) is 13.2 Å². The van der Waals surface area contributed by atoms with Crippen LogP contribution in [0.25, 0.3) is 0 Å². The second-order valence-corrected chi connectivity index (χ2v) is 3.83. The lowest BCUT2D eigenvalue weighted by molar-refractivity contribution is -0.143. The average molecular weight is 239 g/mol. The molecule has 0 spiro atoms. The third-order valence-corrected chi connectivity index (χ3v) is 3.08. The standard InChI is InChI=1S/C5H4F3N3OS.Al.2H/c1-11-3(12)2(5(6,7)8)9-10-4(11)13;;;/h1H3,(H,10,12,13);;;/q;+1;;/p-1. The summed E-state index contributed by atoms with van der Waals surface area (Å²) >= 11 is 4.89. The van der Waals surface area contributed by atoms with Crippen LogP contribution in [0.15, 0.2) is 4.79 Å². The molecular weight excluding hydrogens is 234 g/mol. The van der Waals surface area contributed by atoms with Gasteiger partial charge in [0.1, 0.15) is 0 Å². The monoisotopic (exact) mass is 239 g/mol. The van der Waals surface area contributed by atoms with Gasteiger partial charge in [0.25, 0.3) is 5.56 Å². The Bertz CT molecular complexity index is 477. The van der Waals surface area contributed by atoms with Crippen molar-refractivity contribution in [3.05, 3.63) is 20.8 Å². The second-order valence-electron chi connectivity index (χ2n) is 2.62. The SMILES string of the molecule is Cn1c(=O)c(C(F)(F)F)n[n]([AlH2])c1=S. The van der Waals surface area contributed by atoms with E-state index in [4.69, 9.17) is 12.2 Å². The first-order valence-corrected chi connectivity index (χ1v) is 4.77. The predicted octanol–water partition coefficient (Wildman–Crippen LogP) is -0.274. The second kappa shape index (κ2) is 3.49. The number of alkyl halides is 3. The summed E-state index contributed by atoms with van der Waals surface area (Å²) in [4.78, 5) is 11.1. The molecular formula is C5H5AlF3N3OS. The summed E-state index contributed by atoms with van der Waals surface area (Å²) in [5.41, 5.74) is -2.64. The van der Waals surface area contributed by atoms with E-state index < -0.39 is 17.4 Å². The van der Waals surface area contributed by atoms with E-state index >= 15 is 0 Å². The van der Waals surface area contributed by atoms with Crippen molar-refractivity contribution in [3.8, 4) is 0 Å². The Balaban J connectivity index is 3.67. The molecule has 0 aliphatic rings. The van der Waals surface area contributed by atoms with Crippen molar-refractivity contribution in [2.45, 2.75) is 6.18 Å². The Morgan fingerprint density at radius 1 is 1.50 bits per heavy atom. The topological polar surface area (TPSA) is 39.8 Å². The smallest absolute Gasteiger partial charge is 0.346 e. The molecule has 4 nitrogen and oxygen atoms in total. The summed E-state index contributed by atoms with van der Waals surface area (Å²) in [5.74, 6) is 0. The number of aromatic nitrogens is 3. The average Bonchev–Trinajstić information content (AvgIpc) is 2.06. The molecule has 0 radical (unpaired) electrons. The van der Waals surface area contributed by atoms with Crippen LogP contribution in [0.2, 0.25) is 0 Å². The summed E-state index contributed by atoms with van der Waals surface area (Å²) in [5, 5.41) is 3.12. The van der Waals surface area contributed by atoms with Gasteiger partial charge in [0, 0.05) is 7.05 Å².